The summed E-state index contributed by atoms with van der Waals surface area (Å²) < 4.78 is 4.95. The van der Waals surface area contributed by atoms with E-state index in [-0.39, 0.29) is 5.97 Å². The summed E-state index contributed by atoms with van der Waals surface area (Å²) in [6.07, 6.45) is 6.51. The number of aryl methyl sites for hydroxylation is 1. The van der Waals surface area contributed by atoms with Crippen LogP contribution in [0.4, 0.5) is 5.00 Å². The maximum Gasteiger partial charge on any atom is 0.341 e. The van der Waals surface area contributed by atoms with Crippen molar-refractivity contribution in [3.63, 3.8) is 0 Å². The standard InChI is InChI=1S/C15H22N2O2S2/c1-3-4-9-16-15(20)17-13-12(14(18)19-2)10-7-5-6-8-11(10)21-13/h3-9H2,1-2H3,(H2,16,17,20). The smallest absolute Gasteiger partial charge is 0.341 e. The van der Waals surface area contributed by atoms with Gasteiger partial charge in [-0.15, -0.1) is 11.3 Å². The maximum absolute atomic E-state index is 12.1. The van der Waals surface area contributed by atoms with Gasteiger partial charge in [-0.1, -0.05) is 13.3 Å². The van der Waals surface area contributed by atoms with Crippen LogP contribution < -0.4 is 10.6 Å². The first-order chi connectivity index (χ1) is 10.2. The average Bonchev–Trinajstić information content (AvgIpc) is 2.84. The van der Waals surface area contributed by atoms with E-state index < -0.39 is 0 Å². The number of thiocarbonyl (C=S) groups is 1. The van der Waals surface area contributed by atoms with E-state index >= 15 is 0 Å². The van der Waals surface area contributed by atoms with Crippen LogP contribution in [0, 0.1) is 0 Å². The minimum Gasteiger partial charge on any atom is -0.465 e. The highest BCUT2D eigenvalue weighted by molar-refractivity contribution is 7.80. The second kappa shape index (κ2) is 7.75. The van der Waals surface area contributed by atoms with Crippen LogP contribution in [-0.4, -0.2) is 24.7 Å². The summed E-state index contributed by atoms with van der Waals surface area (Å²) in [4.78, 5) is 13.4. The topological polar surface area (TPSA) is 50.4 Å². The van der Waals surface area contributed by atoms with Gasteiger partial charge >= 0.3 is 5.97 Å². The predicted octanol–water partition coefficient (Wildman–Crippen LogP) is 3.50. The lowest BCUT2D eigenvalue weighted by Crippen LogP contribution is -2.29. The molecule has 1 aromatic heterocycles. The third kappa shape index (κ3) is 3.95. The number of carbonyl (C=O) groups excluding carboxylic acids is 1. The molecule has 4 nitrogen and oxygen atoms in total. The SMILES string of the molecule is CCCCNC(=S)Nc1sc2c(c1C(=O)OC)CCCC2. The van der Waals surface area contributed by atoms with Crippen molar-refractivity contribution in [2.45, 2.75) is 45.4 Å². The van der Waals surface area contributed by atoms with E-state index in [1.165, 1.54) is 18.4 Å². The third-order valence-corrected chi connectivity index (χ3v) is 5.06. The van der Waals surface area contributed by atoms with E-state index in [0.29, 0.717) is 10.7 Å². The number of anilines is 1. The van der Waals surface area contributed by atoms with Crippen molar-refractivity contribution < 1.29 is 9.53 Å². The van der Waals surface area contributed by atoms with Crippen LogP contribution >= 0.6 is 23.6 Å². The van der Waals surface area contributed by atoms with E-state index in [0.717, 1.165) is 49.2 Å². The summed E-state index contributed by atoms with van der Waals surface area (Å²) >= 11 is 6.94. The molecule has 0 bridgehead atoms. The van der Waals surface area contributed by atoms with Crippen LogP contribution in [0.1, 0.15) is 53.4 Å². The molecule has 1 aromatic rings. The number of unbranched alkanes of at least 4 members (excludes halogenated alkanes) is 1. The Hall–Kier alpha value is -1.14. The van der Waals surface area contributed by atoms with Gasteiger partial charge in [0.2, 0.25) is 0 Å². The van der Waals surface area contributed by atoms with Gasteiger partial charge < -0.3 is 15.4 Å². The van der Waals surface area contributed by atoms with E-state index in [1.807, 2.05) is 0 Å². The number of methoxy groups -OCH3 is 1. The molecule has 0 spiro atoms. The number of thiophene rings is 1. The predicted molar refractivity (Wildman–Crippen MR) is 91.4 cm³/mol. The van der Waals surface area contributed by atoms with Gasteiger partial charge in [-0.05, 0) is 49.9 Å². The minimum absolute atomic E-state index is 0.270. The number of nitrogens with one attached hydrogen (secondary N) is 2. The second-order valence-electron chi connectivity index (χ2n) is 5.14. The molecule has 0 radical (unpaired) electrons. The molecule has 6 heteroatoms. The van der Waals surface area contributed by atoms with Crippen LogP contribution in [0.2, 0.25) is 0 Å². The molecule has 0 saturated carbocycles. The molecule has 1 aliphatic rings. The summed E-state index contributed by atoms with van der Waals surface area (Å²) in [6.45, 7) is 2.99. The first-order valence-corrected chi connectivity index (χ1v) is 8.67. The average molecular weight is 326 g/mol. The molecule has 0 fully saturated rings. The van der Waals surface area contributed by atoms with E-state index in [1.54, 1.807) is 11.3 Å². The quantitative estimate of drug-likeness (QED) is 0.493. The Morgan fingerprint density at radius 2 is 2.14 bits per heavy atom. The Kier molecular flexibility index (Phi) is 5.99. The van der Waals surface area contributed by atoms with Crippen LogP contribution in [0.5, 0.6) is 0 Å². The zero-order valence-electron chi connectivity index (χ0n) is 12.6. The van der Waals surface area contributed by atoms with Crippen molar-refractivity contribution in [2.24, 2.45) is 0 Å². The Bertz CT molecular complexity index is 526. The van der Waals surface area contributed by atoms with Crippen LogP contribution in [-0.2, 0) is 17.6 Å². The highest BCUT2D eigenvalue weighted by atomic mass is 32.1. The van der Waals surface area contributed by atoms with Gasteiger partial charge in [-0.25, -0.2) is 4.79 Å². The Labute approximate surface area is 135 Å². The Morgan fingerprint density at radius 1 is 1.38 bits per heavy atom. The third-order valence-electron chi connectivity index (χ3n) is 3.60. The monoisotopic (exact) mass is 326 g/mol. The van der Waals surface area contributed by atoms with Gasteiger partial charge in [0, 0.05) is 11.4 Å². The number of fused-ring (bicyclic) bond motifs is 1. The zero-order chi connectivity index (χ0) is 15.2. The second-order valence-corrected chi connectivity index (χ2v) is 6.65. The van der Waals surface area contributed by atoms with Gasteiger partial charge in [0.1, 0.15) is 5.00 Å². The number of hydrogen-bond donors (Lipinski definition) is 2. The van der Waals surface area contributed by atoms with Crippen LogP contribution in [0.25, 0.3) is 0 Å². The van der Waals surface area contributed by atoms with Gasteiger partial charge in [-0.3, -0.25) is 0 Å². The van der Waals surface area contributed by atoms with Crippen molar-refractivity contribution in [2.75, 3.05) is 19.0 Å². The molecule has 2 N–H and O–H groups in total. The molecule has 0 aromatic carbocycles. The molecule has 21 heavy (non-hydrogen) atoms. The van der Waals surface area contributed by atoms with Gasteiger partial charge in [0.25, 0.3) is 0 Å². The summed E-state index contributed by atoms with van der Waals surface area (Å²) in [5, 5.41) is 7.75. The number of carbonyl (C=O) groups is 1. The zero-order valence-corrected chi connectivity index (χ0v) is 14.2. The molecule has 0 saturated heterocycles. The van der Waals surface area contributed by atoms with Gasteiger partial charge in [0.05, 0.1) is 12.7 Å². The Balaban J connectivity index is 2.16. The fourth-order valence-corrected chi connectivity index (χ4v) is 4.05. The van der Waals surface area contributed by atoms with E-state index in [2.05, 4.69) is 17.6 Å². The molecule has 0 amide bonds. The van der Waals surface area contributed by atoms with Crippen LogP contribution in [0.3, 0.4) is 0 Å². The van der Waals surface area contributed by atoms with Crippen molar-refractivity contribution in [1.29, 1.82) is 0 Å². The largest absolute Gasteiger partial charge is 0.465 e. The van der Waals surface area contributed by atoms with Crippen LogP contribution in [0.15, 0.2) is 0 Å². The molecule has 1 heterocycles. The first-order valence-electron chi connectivity index (χ1n) is 7.45. The number of esters is 1. The lowest BCUT2D eigenvalue weighted by Gasteiger charge is -2.12. The molecular weight excluding hydrogens is 304 g/mol. The summed E-state index contributed by atoms with van der Waals surface area (Å²) in [6, 6.07) is 0. The van der Waals surface area contributed by atoms with Gasteiger partial charge in [0.15, 0.2) is 5.11 Å². The van der Waals surface area contributed by atoms with Crippen molar-refractivity contribution >= 4 is 39.6 Å². The fraction of sp³-hybridized carbons (Fsp3) is 0.600. The molecule has 1 aliphatic carbocycles. The Morgan fingerprint density at radius 3 is 2.86 bits per heavy atom. The fourth-order valence-electron chi connectivity index (χ4n) is 2.50. The minimum atomic E-state index is -0.270. The molecule has 0 aliphatic heterocycles. The summed E-state index contributed by atoms with van der Waals surface area (Å²) in [5.41, 5.74) is 1.83. The lowest BCUT2D eigenvalue weighted by atomic mass is 9.95. The molecule has 116 valence electrons. The highest BCUT2D eigenvalue weighted by Crippen LogP contribution is 2.38. The first kappa shape index (κ1) is 16.2. The normalized spacial score (nSPS) is 13.4. The molecule has 0 atom stereocenters. The van der Waals surface area contributed by atoms with Crippen molar-refractivity contribution in [1.82, 2.24) is 5.32 Å². The summed E-state index contributed by atoms with van der Waals surface area (Å²) in [7, 11) is 1.43. The van der Waals surface area contributed by atoms with E-state index in [9.17, 15) is 4.79 Å². The highest BCUT2D eigenvalue weighted by Gasteiger charge is 2.26. The van der Waals surface area contributed by atoms with Crippen molar-refractivity contribution in [3.8, 4) is 0 Å². The molecule has 2 rings (SSSR count). The van der Waals surface area contributed by atoms with Crippen molar-refractivity contribution in [3.05, 3.63) is 16.0 Å². The summed E-state index contributed by atoms with van der Waals surface area (Å²) in [5.74, 6) is -0.270. The number of ether oxygens (including phenoxy) is 1. The molecule has 0 unspecified atom stereocenters. The number of rotatable bonds is 5. The number of hydrogen-bond acceptors (Lipinski definition) is 4. The lowest BCUT2D eigenvalue weighted by molar-refractivity contribution is 0.0601. The molecular formula is C15H22N2O2S2. The van der Waals surface area contributed by atoms with Gasteiger partial charge in [-0.2, -0.15) is 0 Å². The maximum atomic E-state index is 12.1. The van der Waals surface area contributed by atoms with E-state index in [4.69, 9.17) is 17.0 Å².